The Hall–Kier alpha value is -4.94. The SMILES string of the molecule is CCn1c(C)c(C(=O)N[C@H]2CCN(c3ccc4ncc(C(F)(F)F)n4n3)C2)c(=O)n1-c1ccccc1.c1ccncc1. The molecule has 1 saturated heterocycles. The van der Waals surface area contributed by atoms with Crippen molar-refractivity contribution in [1.29, 1.82) is 0 Å². The average molecular weight is 579 g/mol. The number of amides is 1. The highest BCUT2D eigenvalue weighted by atomic mass is 19.4. The highest BCUT2D eigenvalue weighted by Crippen LogP contribution is 2.30. The Kier molecular flexibility index (Phi) is 8.09. The molecule has 13 heteroatoms. The Morgan fingerprint density at radius 3 is 2.38 bits per heavy atom. The largest absolute Gasteiger partial charge is 0.435 e. The molecule has 1 atom stereocenters. The first kappa shape index (κ1) is 28.6. The van der Waals surface area contributed by atoms with E-state index in [0.717, 1.165) is 10.7 Å². The van der Waals surface area contributed by atoms with E-state index in [-0.39, 0.29) is 17.3 Å². The van der Waals surface area contributed by atoms with Crippen LogP contribution in [0.1, 0.15) is 35.1 Å². The molecule has 6 rings (SSSR count). The Morgan fingerprint density at radius 2 is 1.76 bits per heavy atom. The second-order valence-electron chi connectivity index (χ2n) is 9.66. The van der Waals surface area contributed by atoms with E-state index >= 15 is 0 Å². The highest BCUT2D eigenvalue weighted by molar-refractivity contribution is 5.95. The van der Waals surface area contributed by atoms with Crippen molar-refractivity contribution in [3.05, 3.63) is 107 Å². The van der Waals surface area contributed by atoms with Crippen LogP contribution in [0.3, 0.4) is 0 Å². The molecule has 0 spiro atoms. The molecular formula is C29H29F3N8O2. The van der Waals surface area contributed by atoms with Gasteiger partial charge in [-0.1, -0.05) is 24.3 Å². The molecule has 1 amide bonds. The molecular weight excluding hydrogens is 549 g/mol. The fourth-order valence-electron chi connectivity index (χ4n) is 5.00. The maximum Gasteiger partial charge on any atom is 0.435 e. The van der Waals surface area contributed by atoms with E-state index < -0.39 is 23.3 Å². The van der Waals surface area contributed by atoms with Crippen molar-refractivity contribution in [2.75, 3.05) is 18.0 Å². The van der Waals surface area contributed by atoms with Gasteiger partial charge in [-0.2, -0.15) is 13.2 Å². The number of imidazole rings is 1. The number of hydrogen-bond acceptors (Lipinski definition) is 6. The molecule has 218 valence electrons. The quantitative estimate of drug-likeness (QED) is 0.337. The number of anilines is 1. The first-order chi connectivity index (χ1) is 20.2. The molecule has 0 unspecified atom stereocenters. The maximum atomic E-state index is 13.3. The second-order valence-corrected chi connectivity index (χ2v) is 9.66. The molecule has 0 saturated carbocycles. The zero-order chi connectivity index (χ0) is 29.9. The lowest BCUT2D eigenvalue weighted by Crippen LogP contribution is -2.39. The number of benzene rings is 1. The Labute approximate surface area is 239 Å². The lowest BCUT2D eigenvalue weighted by Gasteiger charge is -2.18. The maximum absolute atomic E-state index is 13.3. The molecule has 1 aromatic carbocycles. The molecule has 0 aliphatic carbocycles. The number of hydrogen-bond donors (Lipinski definition) is 1. The van der Waals surface area contributed by atoms with E-state index in [0.29, 0.717) is 43.3 Å². The molecule has 0 bridgehead atoms. The van der Waals surface area contributed by atoms with Crippen molar-refractivity contribution in [1.82, 2.24) is 34.3 Å². The standard InChI is InChI=1S/C24H24F3N7O2.C5H5N/c1-3-32-15(2)21(23(36)34(32)17-7-5-4-6-8-17)22(35)29-16-11-12-31(14-16)20-10-9-19-28-13-18(24(25,26)27)33(19)30-20;1-2-4-6-5-3-1/h4-10,13,16H,3,11-12,14H2,1-2H3,(H,29,35);1-5H/t16-;/m0./s1. The van der Waals surface area contributed by atoms with Gasteiger partial charge in [-0.15, -0.1) is 5.10 Å². The molecule has 1 aliphatic rings. The molecule has 1 N–H and O–H groups in total. The van der Waals surface area contributed by atoms with Crippen molar-refractivity contribution >= 4 is 17.4 Å². The molecule has 0 radical (unpaired) electrons. The lowest BCUT2D eigenvalue weighted by atomic mass is 10.2. The van der Waals surface area contributed by atoms with E-state index in [1.807, 2.05) is 43.3 Å². The number of carbonyl (C=O) groups excluding carboxylic acids is 1. The van der Waals surface area contributed by atoms with Crippen LogP contribution < -0.4 is 15.8 Å². The Balaban J connectivity index is 0.000000524. The summed E-state index contributed by atoms with van der Waals surface area (Å²) < 4.78 is 43.8. The van der Waals surface area contributed by atoms with Crippen molar-refractivity contribution < 1.29 is 18.0 Å². The Bertz CT molecular complexity index is 1700. The van der Waals surface area contributed by atoms with Crippen molar-refractivity contribution in [2.45, 2.75) is 39.0 Å². The van der Waals surface area contributed by atoms with E-state index in [2.05, 4.69) is 20.4 Å². The zero-order valence-corrected chi connectivity index (χ0v) is 23.0. The number of aromatic nitrogens is 6. The van der Waals surface area contributed by atoms with E-state index in [9.17, 15) is 22.8 Å². The van der Waals surface area contributed by atoms with Crippen LogP contribution in [0.15, 0.2) is 84.0 Å². The van der Waals surface area contributed by atoms with Crippen LogP contribution in [0.5, 0.6) is 0 Å². The molecule has 10 nitrogen and oxygen atoms in total. The van der Waals surface area contributed by atoms with Crippen LogP contribution in [-0.4, -0.2) is 54.0 Å². The highest BCUT2D eigenvalue weighted by Gasteiger charge is 2.36. The number of alkyl halides is 3. The summed E-state index contributed by atoms with van der Waals surface area (Å²) in [6.45, 7) is 4.98. The van der Waals surface area contributed by atoms with Crippen LogP contribution in [0.4, 0.5) is 19.0 Å². The average Bonchev–Trinajstić information content (AvgIpc) is 3.70. The fraction of sp³-hybridized carbons (Fsp3) is 0.276. The Morgan fingerprint density at radius 1 is 1.05 bits per heavy atom. The predicted molar refractivity (Wildman–Crippen MR) is 151 cm³/mol. The zero-order valence-electron chi connectivity index (χ0n) is 23.0. The van der Waals surface area contributed by atoms with Gasteiger partial charge < -0.3 is 10.2 Å². The van der Waals surface area contributed by atoms with Crippen LogP contribution in [-0.2, 0) is 12.7 Å². The third-order valence-electron chi connectivity index (χ3n) is 6.98. The van der Waals surface area contributed by atoms with Crippen LogP contribution in [0, 0.1) is 6.92 Å². The fourth-order valence-corrected chi connectivity index (χ4v) is 5.00. The van der Waals surface area contributed by atoms with Gasteiger partial charge in [0, 0.05) is 38.1 Å². The number of pyridine rings is 1. The van der Waals surface area contributed by atoms with Gasteiger partial charge in [-0.3, -0.25) is 19.3 Å². The molecule has 1 aliphatic heterocycles. The molecule has 4 aromatic heterocycles. The van der Waals surface area contributed by atoms with E-state index in [4.69, 9.17) is 0 Å². The van der Waals surface area contributed by atoms with Gasteiger partial charge >= 0.3 is 6.18 Å². The van der Waals surface area contributed by atoms with Gasteiger partial charge in [0.15, 0.2) is 11.3 Å². The number of halogens is 3. The van der Waals surface area contributed by atoms with Crippen LogP contribution in [0.2, 0.25) is 0 Å². The van der Waals surface area contributed by atoms with Gasteiger partial charge in [0.1, 0.15) is 11.4 Å². The number of rotatable bonds is 5. The second kappa shape index (κ2) is 11.9. The summed E-state index contributed by atoms with van der Waals surface area (Å²) in [7, 11) is 0. The van der Waals surface area contributed by atoms with Crippen LogP contribution in [0.25, 0.3) is 11.3 Å². The molecule has 5 heterocycles. The summed E-state index contributed by atoms with van der Waals surface area (Å²) in [6.07, 6.45) is 0.236. The monoisotopic (exact) mass is 578 g/mol. The third-order valence-corrected chi connectivity index (χ3v) is 6.98. The summed E-state index contributed by atoms with van der Waals surface area (Å²) in [4.78, 5) is 35.8. The minimum atomic E-state index is -4.58. The first-order valence-corrected chi connectivity index (χ1v) is 13.4. The van der Waals surface area contributed by atoms with Gasteiger partial charge in [0.2, 0.25) is 0 Å². The first-order valence-electron chi connectivity index (χ1n) is 13.4. The number of para-hydroxylation sites is 1. The van der Waals surface area contributed by atoms with Gasteiger partial charge in [0.25, 0.3) is 11.5 Å². The van der Waals surface area contributed by atoms with Gasteiger partial charge in [-0.25, -0.2) is 14.2 Å². The van der Waals surface area contributed by atoms with E-state index in [1.54, 1.807) is 47.1 Å². The predicted octanol–water partition coefficient (Wildman–Crippen LogP) is 4.12. The van der Waals surface area contributed by atoms with Crippen LogP contribution >= 0.6 is 0 Å². The minimum absolute atomic E-state index is 0.0759. The van der Waals surface area contributed by atoms with E-state index in [1.165, 1.54) is 10.7 Å². The van der Waals surface area contributed by atoms with Gasteiger partial charge in [-0.05, 0) is 56.7 Å². The summed E-state index contributed by atoms with van der Waals surface area (Å²) in [6, 6.07) is 17.6. The summed E-state index contributed by atoms with van der Waals surface area (Å²) in [5, 5.41) is 7.06. The van der Waals surface area contributed by atoms with Crippen molar-refractivity contribution in [3.8, 4) is 5.69 Å². The molecule has 42 heavy (non-hydrogen) atoms. The van der Waals surface area contributed by atoms with Crippen molar-refractivity contribution in [3.63, 3.8) is 0 Å². The number of carbonyl (C=O) groups is 1. The van der Waals surface area contributed by atoms with Gasteiger partial charge in [0.05, 0.1) is 17.6 Å². The lowest BCUT2D eigenvalue weighted by molar-refractivity contribution is -0.142. The summed E-state index contributed by atoms with van der Waals surface area (Å²) in [5.41, 5.74) is 0.0461. The molecule has 5 aromatic rings. The summed E-state index contributed by atoms with van der Waals surface area (Å²) >= 11 is 0. The normalized spacial score (nSPS) is 15.0. The number of fused-ring (bicyclic) bond motifs is 1. The third kappa shape index (κ3) is 5.76. The van der Waals surface area contributed by atoms with Crippen molar-refractivity contribution in [2.24, 2.45) is 0 Å². The topological polar surface area (TPSA) is 102 Å². The minimum Gasteiger partial charge on any atom is -0.353 e. The summed E-state index contributed by atoms with van der Waals surface area (Å²) in [5.74, 6) is -0.124. The smallest absolute Gasteiger partial charge is 0.353 e. The number of nitrogens with one attached hydrogen (secondary N) is 1. The number of nitrogens with zero attached hydrogens (tertiary/aromatic N) is 7. The molecule has 1 fully saturated rings.